The molecule has 0 heterocycles. The highest BCUT2D eigenvalue weighted by molar-refractivity contribution is 9.10. The Labute approximate surface area is 178 Å². The van der Waals surface area contributed by atoms with Crippen LogP contribution in [0.3, 0.4) is 0 Å². The molecule has 0 bridgehead atoms. The van der Waals surface area contributed by atoms with Gasteiger partial charge in [-0.1, -0.05) is 37.3 Å². The summed E-state index contributed by atoms with van der Waals surface area (Å²) in [6.07, 6.45) is 1.11. The summed E-state index contributed by atoms with van der Waals surface area (Å²) in [6, 6.07) is 13.3. The zero-order chi connectivity index (χ0) is 20.5. The van der Waals surface area contributed by atoms with Gasteiger partial charge in [-0.3, -0.25) is 20.4 Å². The summed E-state index contributed by atoms with van der Waals surface area (Å²) in [5.41, 5.74) is 7.99. The van der Waals surface area contributed by atoms with Crippen LogP contribution in [0.25, 0.3) is 0 Å². The third-order valence-corrected chi connectivity index (χ3v) is 4.77. The Morgan fingerprint density at radius 1 is 1.11 bits per heavy atom. The number of thiocarbonyl (C=S) groups is 1. The second-order valence-electron chi connectivity index (χ2n) is 6.06. The number of nitrogens with one attached hydrogen (secondary N) is 3. The van der Waals surface area contributed by atoms with Gasteiger partial charge in [0.15, 0.2) is 11.7 Å². The van der Waals surface area contributed by atoms with Gasteiger partial charge in [-0.15, -0.1) is 0 Å². The second-order valence-corrected chi connectivity index (χ2v) is 7.32. The molecule has 0 unspecified atom stereocenters. The van der Waals surface area contributed by atoms with Gasteiger partial charge in [0.1, 0.15) is 5.75 Å². The Bertz CT molecular complexity index is 874. The van der Waals surface area contributed by atoms with E-state index in [0.29, 0.717) is 5.75 Å². The summed E-state index contributed by atoms with van der Waals surface area (Å²) in [7, 11) is 0. The van der Waals surface area contributed by atoms with E-state index >= 15 is 0 Å². The van der Waals surface area contributed by atoms with E-state index in [0.717, 1.165) is 27.6 Å². The number of carbonyl (C=O) groups excluding carboxylic acids is 2. The summed E-state index contributed by atoms with van der Waals surface area (Å²) in [5.74, 6) is -0.124. The molecule has 2 rings (SSSR count). The number of rotatable bonds is 6. The zero-order valence-corrected chi connectivity index (χ0v) is 18.1. The molecule has 0 aromatic heterocycles. The van der Waals surface area contributed by atoms with E-state index in [9.17, 15) is 9.59 Å². The lowest BCUT2D eigenvalue weighted by Crippen LogP contribution is -2.50. The molecular formula is C20H22BrN3O3S. The van der Waals surface area contributed by atoms with Crippen molar-refractivity contribution in [1.82, 2.24) is 16.2 Å². The molecule has 148 valence electrons. The normalized spacial score (nSPS) is 10.1. The van der Waals surface area contributed by atoms with Crippen molar-refractivity contribution in [2.75, 3.05) is 6.61 Å². The SMILES string of the molecule is CCc1ccc(OCC(=O)NNC(=S)NC(=O)Cc2ccccc2C)c(Br)c1. The third kappa shape index (κ3) is 6.94. The van der Waals surface area contributed by atoms with Crippen molar-refractivity contribution < 1.29 is 14.3 Å². The number of hydrogen-bond donors (Lipinski definition) is 3. The monoisotopic (exact) mass is 463 g/mol. The van der Waals surface area contributed by atoms with Crippen LogP contribution in [-0.4, -0.2) is 23.5 Å². The molecule has 3 N–H and O–H groups in total. The Morgan fingerprint density at radius 2 is 1.86 bits per heavy atom. The maximum absolute atomic E-state index is 12.0. The van der Waals surface area contributed by atoms with Gasteiger partial charge >= 0.3 is 0 Å². The Balaban J connectivity index is 1.72. The summed E-state index contributed by atoms with van der Waals surface area (Å²) in [5, 5.41) is 2.54. The molecule has 0 atom stereocenters. The number of halogens is 1. The van der Waals surface area contributed by atoms with Gasteiger partial charge in [-0.25, -0.2) is 0 Å². The topological polar surface area (TPSA) is 79.5 Å². The lowest BCUT2D eigenvalue weighted by Gasteiger charge is -2.12. The Hall–Kier alpha value is -2.45. The highest BCUT2D eigenvalue weighted by Crippen LogP contribution is 2.26. The van der Waals surface area contributed by atoms with Gasteiger partial charge in [0, 0.05) is 0 Å². The fourth-order valence-electron chi connectivity index (χ4n) is 2.37. The van der Waals surface area contributed by atoms with Crippen LogP contribution in [-0.2, 0) is 22.4 Å². The van der Waals surface area contributed by atoms with Crippen molar-refractivity contribution in [3.8, 4) is 5.75 Å². The zero-order valence-electron chi connectivity index (χ0n) is 15.7. The number of ether oxygens (including phenoxy) is 1. The van der Waals surface area contributed by atoms with Crippen molar-refractivity contribution in [2.45, 2.75) is 26.7 Å². The van der Waals surface area contributed by atoms with E-state index in [1.165, 1.54) is 0 Å². The molecule has 6 nitrogen and oxygen atoms in total. The standard InChI is InChI=1S/C20H22BrN3O3S/c1-3-14-8-9-17(16(21)10-14)27-12-19(26)23-24-20(28)22-18(25)11-15-7-5-4-6-13(15)2/h4-10H,3,11-12H2,1-2H3,(H,23,26)(H2,22,24,25,28). The van der Waals surface area contributed by atoms with Gasteiger partial charge in [0.25, 0.3) is 5.91 Å². The minimum Gasteiger partial charge on any atom is -0.483 e. The number of carbonyl (C=O) groups is 2. The third-order valence-electron chi connectivity index (χ3n) is 3.94. The molecule has 0 fully saturated rings. The molecule has 2 aromatic carbocycles. The van der Waals surface area contributed by atoms with E-state index < -0.39 is 5.91 Å². The number of hydrazine groups is 1. The van der Waals surface area contributed by atoms with E-state index in [-0.39, 0.29) is 24.0 Å². The molecule has 0 aliphatic heterocycles. The van der Waals surface area contributed by atoms with Crippen molar-refractivity contribution in [3.63, 3.8) is 0 Å². The largest absolute Gasteiger partial charge is 0.483 e. The number of hydrogen-bond acceptors (Lipinski definition) is 4. The average Bonchev–Trinajstić information content (AvgIpc) is 2.67. The molecule has 2 amide bonds. The maximum atomic E-state index is 12.0. The molecule has 0 saturated carbocycles. The fourth-order valence-corrected chi connectivity index (χ4v) is 3.08. The predicted molar refractivity (Wildman–Crippen MR) is 116 cm³/mol. The number of aryl methyl sites for hydroxylation is 2. The molecule has 0 saturated heterocycles. The lowest BCUT2D eigenvalue weighted by atomic mass is 10.1. The molecule has 0 aliphatic rings. The van der Waals surface area contributed by atoms with Gasteiger partial charge in [0.05, 0.1) is 10.9 Å². The van der Waals surface area contributed by atoms with Gasteiger partial charge in [-0.05, 0) is 70.3 Å². The number of benzene rings is 2. The molecule has 2 aromatic rings. The van der Waals surface area contributed by atoms with E-state index in [1.807, 2.05) is 43.3 Å². The van der Waals surface area contributed by atoms with E-state index in [1.54, 1.807) is 6.07 Å². The van der Waals surface area contributed by atoms with Gasteiger partial charge in [-0.2, -0.15) is 0 Å². The highest BCUT2D eigenvalue weighted by Gasteiger charge is 2.10. The minimum absolute atomic E-state index is 0.0143. The Kier molecular flexibility index (Phi) is 8.41. The first-order valence-electron chi connectivity index (χ1n) is 8.73. The highest BCUT2D eigenvalue weighted by atomic mass is 79.9. The lowest BCUT2D eigenvalue weighted by molar-refractivity contribution is -0.124. The van der Waals surface area contributed by atoms with Crippen LogP contribution < -0.4 is 20.9 Å². The minimum atomic E-state index is -0.429. The van der Waals surface area contributed by atoms with Gasteiger partial charge in [0.2, 0.25) is 5.91 Å². The van der Waals surface area contributed by atoms with Crippen LogP contribution >= 0.6 is 28.1 Å². The first kappa shape index (κ1) is 21.8. The van der Waals surface area contributed by atoms with Crippen LogP contribution in [0.5, 0.6) is 5.75 Å². The molecule has 8 heteroatoms. The molecule has 0 aliphatic carbocycles. The molecule has 0 radical (unpaired) electrons. The quantitative estimate of drug-likeness (QED) is 0.453. The molecule has 0 spiro atoms. The van der Waals surface area contributed by atoms with Crippen molar-refractivity contribution in [3.05, 3.63) is 63.6 Å². The average molecular weight is 464 g/mol. The van der Waals surface area contributed by atoms with Crippen LogP contribution in [0.2, 0.25) is 0 Å². The maximum Gasteiger partial charge on any atom is 0.276 e. The second kappa shape index (κ2) is 10.8. The Morgan fingerprint density at radius 3 is 2.54 bits per heavy atom. The van der Waals surface area contributed by atoms with Crippen LogP contribution in [0.1, 0.15) is 23.6 Å². The smallest absolute Gasteiger partial charge is 0.276 e. The van der Waals surface area contributed by atoms with Crippen molar-refractivity contribution in [1.29, 1.82) is 0 Å². The van der Waals surface area contributed by atoms with Crippen molar-refractivity contribution in [2.24, 2.45) is 0 Å². The summed E-state index contributed by atoms with van der Waals surface area (Å²) in [4.78, 5) is 23.9. The van der Waals surface area contributed by atoms with Crippen LogP contribution in [0.15, 0.2) is 46.9 Å². The van der Waals surface area contributed by atoms with Crippen LogP contribution in [0, 0.1) is 6.92 Å². The predicted octanol–water partition coefficient (Wildman–Crippen LogP) is 2.96. The summed E-state index contributed by atoms with van der Waals surface area (Å²) < 4.78 is 6.26. The summed E-state index contributed by atoms with van der Waals surface area (Å²) >= 11 is 8.44. The number of amides is 2. The molecule has 28 heavy (non-hydrogen) atoms. The van der Waals surface area contributed by atoms with Crippen LogP contribution in [0.4, 0.5) is 0 Å². The van der Waals surface area contributed by atoms with E-state index in [4.69, 9.17) is 17.0 Å². The summed E-state index contributed by atoms with van der Waals surface area (Å²) in [6.45, 7) is 3.80. The first-order valence-corrected chi connectivity index (χ1v) is 9.93. The van der Waals surface area contributed by atoms with Crippen molar-refractivity contribution >= 4 is 45.1 Å². The van der Waals surface area contributed by atoms with E-state index in [2.05, 4.69) is 39.0 Å². The fraction of sp³-hybridized carbons (Fsp3) is 0.250. The molecular weight excluding hydrogens is 442 g/mol. The first-order chi connectivity index (χ1) is 13.4. The van der Waals surface area contributed by atoms with Gasteiger partial charge < -0.3 is 10.1 Å².